The first-order valence-corrected chi connectivity index (χ1v) is 5.43. The fourth-order valence-electron chi connectivity index (χ4n) is 1.79. The van der Waals surface area contributed by atoms with E-state index in [4.69, 9.17) is 0 Å². The highest BCUT2D eigenvalue weighted by Crippen LogP contribution is 2.23. The predicted octanol–water partition coefficient (Wildman–Crippen LogP) is 3.48. The van der Waals surface area contributed by atoms with Gasteiger partial charge >= 0.3 is 0 Å². The van der Waals surface area contributed by atoms with E-state index in [0.29, 0.717) is 12.1 Å². The van der Waals surface area contributed by atoms with Crippen LogP contribution in [0.15, 0.2) is 30.3 Å². The summed E-state index contributed by atoms with van der Waals surface area (Å²) in [5, 5.41) is 0. The van der Waals surface area contributed by atoms with Gasteiger partial charge in [0.1, 0.15) is 0 Å². The Bertz CT molecular complexity index is 253. The molecule has 0 aliphatic rings. The number of nitrogens with zero attached hydrogens (tertiary/aromatic N) is 1. The lowest BCUT2D eigenvalue weighted by atomic mass is 10.0. The van der Waals surface area contributed by atoms with Gasteiger partial charge in [-0.2, -0.15) is 0 Å². The van der Waals surface area contributed by atoms with E-state index < -0.39 is 0 Å². The Morgan fingerprint density at radius 3 is 2.14 bits per heavy atom. The molecule has 0 radical (unpaired) electrons. The van der Waals surface area contributed by atoms with Crippen LogP contribution in [0.1, 0.15) is 38.8 Å². The van der Waals surface area contributed by atoms with Crippen LogP contribution in [0.4, 0.5) is 0 Å². The van der Waals surface area contributed by atoms with Gasteiger partial charge in [-0.1, -0.05) is 37.3 Å². The summed E-state index contributed by atoms with van der Waals surface area (Å²) in [5.41, 5.74) is 1.42. The minimum Gasteiger partial charge on any atom is -0.297 e. The van der Waals surface area contributed by atoms with Crippen LogP contribution >= 0.6 is 0 Å². The van der Waals surface area contributed by atoms with E-state index in [1.165, 1.54) is 12.0 Å². The third-order valence-electron chi connectivity index (χ3n) is 2.88. The van der Waals surface area contributed by atoms with Crippen LogP contribution in [0.2, 0.25) is 0 Å². The van der Waals surface area contributed by atoms with E-state index >= 15 is 0 Å². The molecule has 0 N–H and O–H groups in total. The maximum absolute atomic E-state index is 2.43. The van der Waals surface area contributed by atoms with Gasteiger partial charge in [0.15, 0.2) is 0 Å². The molecule has 0 heterocycles. The summed E-state index contributed by atoms with van der Waals surface area (Å²) in [6.07, 6.45) is 1.17. The van der Waals surface area contributed by atoms with Crippen molar-refractivity contribution >= 4 is 0 Å². The molecular formula is C13H21N. The molecule has 0 aliphatic carbocycles. The van der Waals surface area contributed by atoms with Crippen LogP contribution < -0.4 is 0 Å². The fourth-order valence-corrected chi connectivity index (χ4v) is 1.79. The highest BCUT2D eigenvalue weighted by Gasteiger charge is 2.16. The second kappa shape index (κ2) is 5.16. The first kappa shape index (κ1) is 11.3. The molecule has 1 rings (SSSR count). The Labute approximate surface area is 87.7 Å². The van der Waals surface area contributed by atoms with Gasteiger partial charge < -0.3 is 0 Å². The van der Waals surface area contributed by atoms with Crippen LogP contribution in [0.3, 0.4) is 0 Å². The SMILES string of the molecule is CCC(c1ccccc1)N(C)C(C)C. The molecule has 0 fully saturated rings. The normalized spacial score (nSPS) is 13.6. The summed E-state index contributed by atoms with van der Waals surface area (Å²) < 4.78 is 0. The minimum atomic E-state index is 0.552. The number of rotatable bonds is 4. The zero-order valence-electron chi connectivity index (χ0n) is 9.70. The highest BCUT2D eigenvalue weighted by atomic mass is 15.1. The van der Waals surface area contributed by atoms with E-state index in [2.05, 4.69) is 63.1 Å². The first-order valence-electron chi connectivity index (χ1n) is 5.43. The van der Waals surface area contributed by atoms with Gasteiger partial charge in [-0.15, -0.1) is 0 Å². The molecular weight excluding hydrogens is 170 g/mol. The Hall–Kier alpha value is -0.820. The molecule has 78 valence electrons. The standard InChI is InChI=1S/C13H21N/c1-5-13(14(4)11(2)3)12-9-7-6-8-10-12/h6-11,13H,5H2,1-4H3. The van der Waals surface area contributed by atoms with E-state index in [1.807, 2.05) is 0 Å². The molecule has 0 saturated carbocycles. The molecule has 1 aromatic carbocycles. The van der Waals surface area contributed by atoms with Crippen molar-refractivity contribution in [1.29, 1.82) is 0 Å². The quantitative estimate of drug-likeness (QED) is 0.704. The van der Waals surface area contributed by atoms with E-state index in [9.17, 15) is 0 Å². The lowest BCUT2D eigenvalue weighted by Crippen LogP contribution is -2.30. The zero-order chi connectivity index (χ0) is 10.6. The maximum Gasteiger partial charge on any atom is 0.0345 e. The summed E-state index contributed by atoms with van der Waals surface area (Å²) in [4.78, 5) is 2.43. The molecule has 0 aromatic heterocycles. The van der Waals surface area contributed by atoms with Crippen molar-refractivity contribution in [3.63, 3.8) is 0 Å². The summed E-state index contributed by atoms with van der Waals surface area (Å²) in [6.45, 7) is 6.73. The molecule has 14 heavy (non-hydrogen) atoms. The highest BCUT2D eigenvalue weighted by molar-refractivity contribution is 5.18. The summed E-state index contributed by atoms with van der Waals surface area (Å²) >= 11 is 0. The fraction of sp³-hybridized carbons (Fsp3) is 0.538. The van der Waals surface area contributed by atoms with Crippen LogP contribution in [0.25, 0.3) is 0 Å². The van der Waals surface area contributed by atoms with Gasteiger partial charge in [-0.25, -0.2) is 0 Å². The van der Waals surface area contributed by atoms with Gasteiger partial charge in [0.2, 0.25) is 0 Å². The van der Waals surface area contributed by atoms with Crippen molar-refractivity contribution in [3.05, 3.63) is 35.9 Å². The predicted molar refractivity (Wildman–Crippen MR) is 62.4 cm³/mol. The largest absolute Gasteiger partial charge is 0.297 e. The Morgan fingerprint density at radius 1 is 1.14 bits per heavy atom. The summed E-state index contributed by atoms with van der Waals surface area (Å²) in [7, 11) is 2.20. The molecule has 1 heteroatoms. The molecule has 1 unspecified atom stereocenters. The van der Waals surface area contributed by atoms with Crippen molar-refractivity contribution < 1.29 is 0 Å². The Morgan fingerprint density at radius 2 is 1.71 bits per heavy atom. The Kier molecular flexibility index (Phi) is 4.15. The third-order valence-corrected chi connectivity index (χ3v) is 2.88. The molecule has 0 saturated heterocycles. The molecule has 1 nitrogen and oxygen atoms in total. The first-order chi connectivity index (χ1) is 6.66. The van der Waals surface area contributed by atoms with Gasteiger partial charge in [0.25, 0.3) is 0 Å². The maximum atomic E-state index is 2.43. The van der Waals surface area contributed by atoms with Gasteiger partial charge in [0.05, 0.1) is 0 Å². The van der Waals surface area contributed by atoms with Crippen LogP contribution in [0, 0.1) is 0 Å². The molecule has 1 aromatic rings. The van der Waals surface area contributed by atoms with E-state index in [-0.39, 0.29) is 0 Å². The smallest absolute Gasteiger partial charge is 0.0345 e. The van der Waals surface area contributed by atoms with Crippen LogP contribution in [0.5, 0.6) is 0 Å². The van der Waals surface area contributed by atoms with E-state index in [0.717, 1.165) is 0 Å². The van der Waals surface area contributed by atoms with E-state index in [1.54, 1.807) is 0 Å². The molecule has 0 amide bonds. The third kappa shape index (κ3) is 2.58. The van der Waals surface area contributed by atoms with Crippen molar-refractivity contribution in [2.45, 2.75) is 39.3 Å². The zero-order valence-corrected chi connectivity index (χ0v) is 9.70. The lowest BCUT2D eigenvalue weighted by Gasteiger charge is -2.30. The summed E-state index contributed by atoms with van der Waals surface area (Å²) in [5.74, 6) is 0. The number of benzene rings is 1. The minimum absolute atomic E-state index is 0.552. The molecule has 0 bridgehead atoms. The van der Waals surface area contributed by atoms with Crippen molar-refractivity contribution in [2.24, 2.45) is 0 Å². The molecule has 0 spiro atoms. The van der Waals surface area contributed by atoms with Crippen molar-refractivity contribution in [3.8, 4) is 0 Å². The topological polar surface area (TPSA) is 3.24 Å². The molecule has 1 atom stereocenters. The number of hydrogen-bond acceptors (Lipinski definition) is 1. The van der Waals surface area contributed by atoms with Crippen LogP contribution in [-0.2, 0) is 0 Å². The van der Waals surface area contributed by atoms with Crippen LogP contribution in [-0.4, -0.2) is 18.0 Å². The second-order valence-electron chi connectivity index (χ2n) is 4.09. The monoisotopic (exact) mass is 191 g/mol. The van der Waals surface area contributed by atoms with Gasteiger partial charge in [0, 0.05) is 12.1 Å². The van der Waals surface area contributed by atoms with Crippen molar-refractivity contribution in [2.75, 3.05) is 7.05 Å². The van der Waals surface area contributed by atoms with Crippen molar-refractivity contribution in [1.82, 2.24) is 4.90 Å². The number of hydrogen-bond donors (Lipinski definition) is 0. The average molecular weight is 191 g/mol. The Balaban J connectivity index is 2.82. The summed E-state index contributed by atoms with van der Waals surface area (Å²) in [6, 6.07) is 11.9. The van der Waals surface area contributed by atoms with Gasteiger partial charge in [-0.05, 0) is 32.9 Å². The van der Waals surface area contributed by atoms with Gasteiger partial charge in [-0.3, -0.25) is 4.90 Å². The lowest BCUT2D eigenvalue weighted by molar-refractivity contribution is 0.191. The second-order valence-corrected chi connectivity index (χ2v) is 4.09. The molecule has 0 aliphatic heterocycles. The average Bonchev–Trinajstić information content (AvgIpc) is 2.20.